The Balaban J connectivity index is 1.91. The Morgan fingerprint density at radius 3 is 2.84 bits per heavy atom. The highest BCUT2D eigenvalue weighted by Crippen LogP contribution is 2.22. The predicted octanol–water partition coefficient (Wildman–Crippen LogP) is 0.398. The van der Waals surface area contributed by atoms with Crippen molar-refractivity contribution >= 4 is 27.2 Å². The van der Waals surface area contributed by atoms with Gasteiger partial charge in [0, 0.05) is 26.9 Å². The van der Waals surface area contributed by atoms with Crippen molar-refractivity contribution in [3.63, 3.8) is 0 Å². The van der Waals surface area contributed by atoms with Gasteiger partial charge in [0.2, 0.25) is 0 Å². The van der Waals surface area contributed by atoms with Crippen LogP contribution in [-0.2, 0) is 14.8 Å². The molecule has 0 spiro atoms. The number of pyridine rings is 2. The molecular weight excluding hydrogens is 422 g/mol. The first-order valence-corrected chi connectivity index (χ1v) is 10.9. The monoisotopic (exact) mass is 445 g/mol. The zero-order valence-corrected chi connectivity index (χ0v) is 17.9. The van der Waals surface area contributed by atoms with E-state index in [1.807, 2.05) is 0 Å². The minimum atomic E-state index is -3.67. The van der Waals surface area contributed by atoms with Crippen LogP contribution in [-0.4, -0.2) is 61.9 Å². The van der Waals surface area contributed by atoms with Crippen LogP contribution in [0.4, 0.5) is 11.4 Å². The molecule has 1 unspecified atom stereocenters. The molecule has 0 radical (unpaired) electrons. The molecule has 12 heteroatoms. The Kier molecular flexibility index (Phi) is 6.69. The Hall–Kier alpha value is -3.27. The summed E-state index contributed by atoms with van der Waals surface area (Å²) >= 11 is 0. The molecule has 0 aromatic carbocycles. The number of sulfonamides is 1. The van der Waals surface area contributed by atoms with Crippen LogP contribution in [0.25, 0.3) is 0 Å². The molecule has 4 N–H and O–H groups in total. The predicted molar refractivity (Wildman–Crippen MR) is 115 cm³/mol. The zero-order chi connectivity index (χ0) is 22.6. The van der Waals surface area contributed by atoms with Crippen LogP contribution in [0.2, 0.25) is 0 Å². The highest BCUT2D eigenvalue weighted by Gasteiger charge is 2.27. The number of amidine groups is 1. The zero-order valence-electron chi connectivity index (χ0n) is 17.1. The summed E-state index contributed by atoms with van der Waals surface area (Å²) in [4.78, 5) is 23.2. The third-order valence-electron chi connectivity index (χ3n) is 4.80. The van der Waals surface area contributed by atoms with Gasteiger partial charge in [-0.05, 0) is 24.6 Å². The summed E-state index contributed by atoms with van der Waals surface area (Å²) in [5, 5.41) is 12.4. The van der Waals surface area contributed by atoms with E-state index >= 15 is 0 Å². The number of rotatable bonds is 6. The Bertz CT molecular complexity index is 1170. The van der Waals surface area contributed by atoms with E-state index in [1.54, 1.807) is 6.07 Å². The van der Waals surface area contributed by atoms with E-state index in [4.69, 9.17) is 10.5 Å². The summed E-state index contributed by atoms with van der Waals surface area (Å²) in [6.45, 7) is 0.835. The maximum atomic E-state index is 12.5. The number of nitrogens with zero attached hydrogens (tertiary/aromatic N) is 4. The summed E-state index contributed by atoms with van der Waals surface area (Å²) in [7, 11) is -0.856. The van der Waals surface area contributed by atoms with Gasteiger partial charge in [0.15, 0.2) is 5.03 Å². The average Bonchev–Trinajstić information content (AvgIpc) is 2.74. The van der Waals surface area contributed by atoms with Crippen molar-refractivity contribution in [2.75, 3.05) is 32.6 Å². The Morgan fingerprint density at radius 2 is 2.19 bits per heavy atom. The van der Waals surface area contributed by atoms with Gasteiger partial charge in [-0.1, -0.05) is 0 Å². The molecule has 2 aromatic rings. The van der Waals surface area contributed by atoms with E-state index in [0.29, 0.717) is 25.3 Å². The minimum absolute atomic E-state index is 0.0837. The largest absolute Gasteiger partial charge is 0.383 e. The maximum absolute atomic E-state index is 12.5. The number of hydrogen-bond acceptors (Lipinski definition) is 8. The van der Waals surface area contributed by atoms with Gasteiger partial charge < -0.3 is 20.8 Å². The maximum Gasteiger partial charge on any atom is 0.261 e. The summed E-state index contributed by atoms with van der Waals surface area (Å²) in [6, 6.07) is 6.34. The molecule has 1 aliphatic heterocycles. The first-order chi connectivity index (χ1) is 14.7. The summed E-state index contributed by atoms with van der Waals surface area (Å²) < 4.78 is 30.8. The molecule has 2 aromatic heterocycles. The second-order valence-corrected chi connectivity index (χ2v) is 9.18. The van der Waals surface area contributed by atoms with Crippen LogP contribution in [0, 0.1) is 17.2 Å². The molecule has 2 atom stereocenters. The molecule has 1 saturated heterocycles. The van der Waals surface area contributed by atoms with Crippen molar-refractivity contribution in [2.45, 2.75) is 17.5 Å². The number of nitrogens with two attached hydrogens (primary N) is 1. The number of ether oxygens (including phenoxy) is 1. The van der Waals surface area contributed by atoms with Crippen LogP contribution in [0.1, 0.15) is 12.0 Å². The number of nitriles is 1. The van der Waals surface area contributed by atoms with Crippen LogP contribution in [0.5, 0.6) is 0 Å². The van der Waals surface area contributed by atoms with E-state index in [9.17, 15) is 18.5 Å². The van der Waals surface area contributed by atoms with E-state index < -0.39 is 15.6 Å². The fourth-order valence-electron chi connectivity index (χ4n) is 3.06. The van der Waals surface area contributed by atoms with E-state index in [2.05, 4.69) is 26.3 Å². The molecule has 11 nitrogen and oxygen atoms in total. The molecular formula is C19H23N7O4S. The van der Waals surface area contributed by atoms with Gasteiger partial charge in [-0.15, -0.1) is 0 Å². The van der Waals surface area contributed by atoms with E-state index in [0.717, 1.165) is 4.31 Å². The van der Waals surface area contributed by atoms with Crippen molar-refractivity contribution in [3.05, 3.63) is 46.5 Å². The smallest absolute Gasteiger partial charge is 0.261 e. The summed E-state index contributed by atoms with van der Waals surface area (Å²) in [5.74, 6) is -0.353. The standard InChI is InChI=1S/C19H23N7O4S/c1-26(2)31(28,29)16-4-3-13(10-23-16)24-18(21)17-14(5-7-22-19(17)27)25-15-11-30-8-6-12(15)9-20/h3-5,7,10,12,15H,6,8,11H2,1-2H3,(H2,21,24)(H2,22,25,27)/t12?,15-/m0/s1. The SMILES string of the molecule is CN(C)S(=O)(=O)c1ccc(N=C(N)c2c(N[C@H]3COCCC3C#N)cc[nH]c2=O)cn1. The van der Waals surface area contributed by atoms with Gasteiger partial charge in [0.05, 0.1) is 42.2 Å². The van der Waals surface area contributed by atoms with Gasteiger partial charge in [-0.3, -0.25) is 4.79 Å². The van der Waals surface area contributed by atoms with Crippen molar-refractivity contribution in [3.8, 4) is 6.07 Å². The lowest BCUT2D eigenvalue weighted by Crippen LogP contribution is -2.39. The van der Waals surface area contributed by atoms with Crippen LogP contribution < -0.4 is 16.6 Å². The molecule has 0 aliphatic carbocycles. The highest BCUT2D eigenvalue weighted by atomic mass is 32.2. The third-order valence-corrected chi connectivity index (χ3v) is 6.53. The van der Waals surface area contributed by atoms with Crippen LogP contribution in [0.3, 0.4) is 0 Å². The van der Waals surface area contributed by atoms with Crippen molar-refractivity contribution in [2.24, 2.45) is 16.6 Å². The molecule has 1 fully saturated rings. The fourth-order valence-corrected chi connectivity index (χ4v) is 3.86. The number of nitrogens with one attached hydrogen (secondary N) is 2. The number of aliphatic imine (C=N–C) groups is 1. The van der Waals surface area contributed by atoms with E-state index in [1.165, 1.54) is 38.6 Å². The quantitative estimate of drug-likeness (QED) is 0.424. The Labute approximate surface area is 179 Å². The van der Waals surface area contributed by atoms with Gasteiger partial charge >= 0.3 is 0 Å². The highest BCUT2D eigenvalue weighted by molar-refractivity contribution is 7.89. The second-order valence-electron chi connectivity index (χ2n) is 7.08. The van der Waals surface area contributed by atoms with Gasteiger partial charge in [0.25, 0.3) is 15.6 Å². The summed E-state index contributed by atoms with van der Waals surface area (Å²) in [5.41, 5.74) is 6.45. The minimum Gasteiger partial charge on any atom is -0.383 e. The van der Waals surface area contributed by atoms with Gasteiger partial charge in [-0.2, -0.15) is 5.26 Å². The molecule has 0 saturated carbocycles. The van der Waals surface area contributed by atoms with Gasteiger partial charge in [0.1, 0.15) is 11.4 Å². The fraction of sp³-hybridized carbons (Fsp3) is 0.368. The first kappa shape index (κ1) is 22.4. The second kappa shape index (κ2) is 9.25. The molecule has 164 valence electrons. The molecule has 1 aliphatic rings. The molecule has 31 heavy (non-hydrogen) atoms. The number of anilines is 1. The van der Waals surface area contributed by atoms with E-state index in [-0.39, 0.29) is 34.1 Å². The third kappa shape index (κ3) is 4.91. The van der Waals surface area contributed by atoms with Crippen LogP contribution in [0.15, 0.2) is 45.4 Å². The van der Waals surface area contributed by atoms with Gasteiger partial charge in [-0.25, -0.2) is 22.7 Å². The van der Waals surface area contributed by atoms with Crippen LogP contribution >= 0.6 is 0 Å². The number of H-pyrrole nitrogens is 1. The molecule has 0 amide bonds. The lowest BCUT2D eigenvalue weighted by molar-refractivity contribution is 0.0699. The van der Waals surface area contributed by atoms with Crippen molar-refractivity contribution in [1.29, 1.82) is 5.26 Å². The lowest BCUT2D eigenvalue weighted by Gasteiger charge is -2.29. The van der Waals surface area contributed by atoms with Crippen molar-refractivity contribution < 1.29 is 13.2 Å². The molecule has 3 heterocycles. The first-order valence-electron chi connectivity index (χ1n) is 9.42. The Morgan fingerprint density at radius 1 is 1.42 bits per heavy atom. The normalized spacial score (nSPS) is 19.7. The lowest BCUT2D eigenvalue weighted by atomic mass is 9.96. The number of aromatic amines is 1. The average molecular weight is 446 g/mol. The number of aromatic nitrogens is 2. The summed E-state index contributed by atoms with van der Waals surface area (Å²) in [6.07, 6.45) is 3.31. The van der Waals surface area contributed by atoms with Crippen molar-refractivity contribution in [1.82, 2.24) is 14.3 Å². The number of hydrogen-bond donors (Lipinski definition) is 3. The topological polar surface area (TPSA) is 167 Å². The molecule has 0 bridgehead atoms. The molecule has 3 rings (SSSR count).